The van der Waals surface area contributed by atoms with Gasteiger partial charge in [-0.3, -0.25) is 0 Å². The number of alkyl halides is 3. The minimum absolute atomic E-state index is 0.337. The first kappa shape index (κ1) is 21.2. The van der Waals surface area contributed by atoms with E-state index in [-0.39, 0.29) is 6.42 Å². The van der Waals surface area contributed by atoms with Gasteiger partial charge in [0.25, 0.3) is 0 Å². The van der Waals surface area contributed by atoms with Crippen LogP contribution in [-0.4, -0.2) is 24.3 Å². The molecule has 0 bridgehead atoms. The number of aromatic amines is 1. The van der Waals surface area contributed by atoms with Gasteiger partial charge < -0.3 is 15.5 Å². The Morgan fingerprint density at radius 2 is 1.83 bits per heavy atom. The first-order valence-corrected chi connectivity index (χ1v) is 9.35. The highest BCUT2D eigenvalue weighted by Gasteiger charge is 2.43. The van der Waals surface area contributed by atoms with Crippen LogP contribution in [0.4, 0.5) is 17.6 Å². The van der Waals surface area contributed by atoms with Crippen molar-refractivity contribution in [1.82, 2.24) is 4.98 Å². The van der Waals surface area contributed by atoms with E-state index in [2.05, 4.69) is 4.98 Å². The van der Waals surface area contributed by atoms with Crippen LogP contribution in [-0.2, 0) is 11.8 Å². The Balaban J connectivity index is 1.94. The summed E-state index contributed by atoms with van der Waals surface area (Å²) in [4.78, 5) is 3.28. The molecule has 0 saturated carbocycles. The van der Waals surface area contributed by atoms with Crippen LogP contribution in [0.3, 0.4) is 0 Å². The smallest absolute Gasteiger partial charge is 0.403 e. The summed E-state index contributed by atoms with van der Waals surface area (Å²) in [6, 6.07) is 11.6. The van der Waals surface area contributed by atoms with Gasteiger partial charge in [0, 0.05) is 16.8 Å². The number of nitrogens with one attached hydrogen (secondary N) is 1. The molecule has 0 amide bonds. The molecule has 156 valence electrons. The number of hydrogen-bond donors (Lipinski definition) is 2. The Morgan fingerprint density at radius 1 is 1.10 bits per heavy atom. The van der Waals surface area contributed by atoms with E-state index in [1.54, 1.807) is 6.92 Å². The van der Waals surface area contributed by atoms with Gasteiger partial charge in [-0.2, -0.15) is 13.2 Å². The average Bonchev–Trinajstić information content (AvgIpc) is 3.09. The van der Waals surface area contributed by atoms with Crippen molar-refractivity contribution < 1.29 is 22.3 Å². The number of ether oxygens (including phenoxy) is 1. The maximum Gasteiger partial charge on any atom is 0.403 e. The van der Waals surface area contributed by atoms with Crippen molar-refractivity contribution in [3.05, 3.63) is 65.6 Å². The fraction of sp³-hybridized carbons (Fsp3) is 0.364. The second-order valence-corrected chi connectivity index (χ2v) is 7.64. The fourth-order valence-corrected chi connectivity index (χ4v) is 3.78. The largest absolute Gasteiger partial charge is 0.496 e. The Labute approximate surface area is 166 Å². The van der Waals surface area contributed by atoms with Gasteiger partial charge in [0.05, 0.1) is 7.11 Å². The van der Waals surface area contributed by atoms with Crippen molar-refractivity contribution >= 4 is 10.9 Å². The maximum atomic E-state index is 14.0. The zero-order valence-electron chi connectivity index (χ0n) is 16.3. The zero-order chi connectivity index (χ0) is 21.2. The topological polar surface area (TPSA) is 51.0 Å². The zero-order valence-corrected chi connectivity index (χ0v) is 16.3. The van der Waals surface area contributed by atoms with E-state index < -0.39 is 23.5 Å². The Bertz CT molecular complexity index is 949. The molecule has 3 nitrogen and oxygen atoms in total. The third-order valence-electron chi connectivity index (χ3n) is 5.43. The number of H-pyrrole nitrogens is 1. The van der Waals surface area contributed by atoms with Crippen LogP contribution in [0, 0.1) is 5.82 Å². The number of benzene rings is 2. The Morgan fingerprint density at radius 3 is 2.48 bits per heavy atom. The summed E-state index contributed by atoms with van der Waals surface area (Å²) in [6.07, 6.45) is -4.10. The summed E-state index contributed by atoms with van der Waals surface area (Å²) in [5.74, 6) is -0.182. The fourth-order valence-electron chi connectivity index (χ4n) is 3.78. The van der Waals surface area contributed by atoms with Crippen LogP contribution in [0.1, 0.15) is 31.0 Å². The normalized spacial score (nSPS) is 15.3. The number of nitrogens with two attached hydrogens (primary N) is 1. The molecule has 2 unspecified atom stereocenters. The van der Waals surface area contributed by atoms with Gasteiger partial charge in [0.15, 0.2) is 0 Å². The molecular weight excluding hydrogens is 384 g/mol. The van der Waals surface area contributed by atoms with Gasteiger partial charge in [-0.05, 0) is 60.4 Å². The second kappa shape index (κ2) is 8.06. The molecule has 29 heavy (non-hydrogen) atoms. The highest BCUT2D eigenvalue weighted by atomic mass is 19.4. The molecule has 2 aromatic carbocycles. The SMILES string of the molecule is COc1ccc(F)cc1C(C)(CCc1cc2ccccc2[nH]1)CC(N)C(F)(F)F. The number of rotatable bonds is 7. The lowest BCUT2D eigenvalue weighted by Gasteiger charge is -2.34. The van der Waals surface area contributed by atoms with Gasteiger partial charge in [0.2, 0.25) is 0 Å². The number of fused-ring (bicyclic) bond motifs is 1. The molecule has 0 fully saturated rings. The standard InChI is InChI=1S/C22H24F4N2O/c1-21(13-20(27)22(24,25)26,17-12-15(23)7-8-19(17)29-2)10-9-16-11-14-5-3-4-6-18(14)28-16/h3-8,11-12,20,28H,9-10,13,27H2,1-2H3. The molecular formula is C22H24F4N2O. The van der Waals surface area contributed by atoms with Crippen LogP contribution in [0.5, 0.6) is 5.75 Å². The number of hydrogen-bond acceptors (Lipinski definition) is 2. The molecule has 1 aromatic heterocycles. The third kappa shape index (κ3) is 4.72. The molecule has 0 spiro atoms. The van der Waals surface area contributed by atoms with E-state index in [9.17, 15) is 17.6 Å². The summed E-state index contributed by atoms with van der Waals surface area (Å²) in [6.45, 7) is 1.68. The molecule has 7 heteroatoms. The van der Waals surface area contributed by atoms with Gasteiger partial charge in [0.1, 0.15) is 17.6 Å². The predicted molar refractivity (Wildman–Crippen MR) is 106 cm³/mol. The molecule has 0 radical (unpaired) electrons. The van der Waals surface area contributed by atoms with Crippen LogP contribution < -0.4 is 10.5 Å². The number of aromatic nitrogens is 1. The molecule has 3 N–H and O–H groups in total. The van der Waals surface area contributed by atoms with Gasteiger partial charge in [-0.15, -0.1) is 0 Å². The van der Waals surface area contributed by atoms with E-state index in [0.717, 1.165) is 16.6 Å². The first-order valence-electron chi connectivity index (χ1n) is 9.35. The lowest BCUT2D eigenvalue weighted by atomic mass is 9.73. The number of para-hydroxylation sites is 1. The van der Waals surface area contributed by atoms with Crippen LogP contribution in [0.2, 0.25) is 0 Å². The van der Waals surface area contributed by atoms with Crippen LogP contribution in [0.25, 0.3) is 10.9 Å². The molecule has 2 atom stereocenters. The van der Waals surface area contributed by atoms with Crippen molar-refractivity contribution in [1.29, 1.82) is 0 Å². The molecule has 0 saturated heterocycles. The predicted octanol–water partition coefficient (Wildman–Crippen LogP) is 5.49. The van der Waals surface area contributed by atoms with Crippen molar-refractivity contribution in [2.45, 2.75) is 43.8 Å². The third-order valence-corrected chi connectivity index (χ3v) is 5.43. The number of aryl methyl sites for hydroxylation is 1. The summed E-state index contributed by atoms with van der Waals surface area (Å²) in [5, 5.41) is 1.03. The van der Waals surface area contributed by atoms with E-state index in [1.165, 1.54) is 25.3 Å². The van der Waals surface area contributed by atoms with E-state index in [4.69, 9.17) is 10.5 Å². The van der Waals surface area contributed by atoms with E-state index in [0.29, 0.717) is 24.2 Å². The molecule has 0 aliphatic rings. The van der Waals surface area contributed by atoms with Crippen LogP contribution in [0.15, 0.2) is 48.5 Å². The second-order valence-electron chi connectivity index (χ2n) is 7.64. The van der Waals surface area contributed by atoms with E-state index in [1.807, 2.05) is 30.3 Å². The van der Waals surface area contributed by atoms with Crippen molar-refractivity contribution in [3.8, 4) is 5.75 Å². The van der Waals surface area contributed by atoms with Gasteiger partial charge >= 0.3 is 6.18 Å². The molecule has 0 aliphatic heterocycles. The quantitative estimate of drug-likeness (QED) is 0.508. The molecule has 3 rings (SSSR count). The van der Waals surface area contributed by atoms with Crippen molar-refractivity contribution in [2.24, 2.45) is 5.73 Å². The Hall–Kier alpha value is -2.54. The lowest BCUT2D eigenvalue weighted by Crippen LogP contribution is -2.43. The van der Waals surface area contributed by atoms with Crippen LogP contribution >= 0.6 is 0 Å². The summed E-state index contributed by atoms with van der Waals surface area (Å²) < 4.78 is 59.0. The highest BCUT2D eigenvalue weighted by molar-refractivity contribution is 5.80. The molecule has 3 aromatic rings. The van der Waals surface area contributed by atoms with Gasteiger partial charge in [-0.1, -0.05) is 25.1 Å². The number of halogens is 4. The summed E-state index contributed by atoms with van der Waals surface area (Å²) in [5.41, 5.74) is 6.66. The van der Waals surface area contributed by atoms with E-state index >= 15 is 0 Å². The van der Waals surface area contributed by atoms with Crippen molar-refractivity contribution in [3.63, 3.8) is 0 Å². The number of methoxy groups -OCH3 is 1. The molecule has 1 heterocycles. The highest BCUT2D eigenvalue weighted by Crippen LogP contribution is 2.41. The summed E-state index contributed by atoms with van der Waals surface area (Å²) >= 11 is 0. The summed E-state index contributed by atoms with van der Waals surface area (Å²) in [7, 11) is 1.42. The first-order chi connectivity index (χ1) is 13.6. The minimum Gasteiger partial charge on any atom is -0.496 e. The monoisotopic (exact) mass is 408 g/mol. The van der Waals surface area contributed by atoms with Crippen molar-refractivity contribution in [2.75, 3.05) is 7.11 Å². The Kier molecular flexibility index (Phi) is 5.89. The minimum atomic E-state index is -4.54. The lowest BCUT2D eigenvalue weighted by molar-refractivity contribution is -0.152. The maximum absolute atomic E-state index is 14.0. The average molecular weight is 408 g/mol. The molecule has 0 aliphatic carbocycles. The van der Waals surface area contributed by atoms with Gasteiger partial charge in [-0.25, -0.2) is 4.39 Å².